The maximum Gasteiger partial charge on any atom is 0.231 e. The quantitative estimate of drug-likeness (QED) is 0.717. The molecule has 2 aromatic rings. The molecule has 3 heterocycles. The van der Waals surface area contributed by atoms with Crippen LogP contribution >= 0.6 is 0 Å². The fourth-order valence-electron chi connectivity index (χ4n) is 3.80. The average molecular weight is 412 g/mol. The highest BCUT2D eigenvalue weighted by Crippen LogP contribution is 2.43. The van der Waals surface area contributed by atoms with Crippen molar-refractivity contribution in [3.8, 4) is 11.5 Å². The Morgan fingerprint density at radius 1 is 1.20 bits per heavy atom. The minimum Gasteiger partial charge on any atom is -0.453 e. The molecule has 8 nitrogen and oxygen atoms in total. The highest BCUT2D eigenvalue weighted by molar-refractivity contribution is 5.78. The zero-order chi connectivity index (χ0) is 20.9. The molecule has 0 bridgehead atoms. The Hall–Kier alpha value is -2.84. The van der Waals surface area contributed by atoms with Crippen molar-refractivity contribution in [3.05, 3.63) is 35.5 Å². The molecule has 160 valence electrons. The molecule has 2 aliphatic heterocycles. The first-order valence-corrected chi connectivity index (χ1v) is 10.3. The van der Waals surface area contributed by atoms with Crippen LogP contribution in [0, 0.1) is 6.92 Å². The van der Waals surface area contributed by atoms with Crippen LogP contribution in [0.4, 0.5) is 17.5 Å². The summed E-state index contributed by atoms with van der Waals surface area (Å²) in [6.45, 7) is 5.84. The van der Waals surface area contributed by atoms with E-state index in [1.165, 1.54) is 5.57 Å². The SMILES string of the molecule is CNc1cc(C)nc(Nc2cc3c(c(C4=CCN(CCOC)CCC4)c2)OCO3)n1. The predicted molar refractivity (Wildman–Crippen MR) is 118 cm³/mol. The minimum absolute atomic E-state index is 0.240. The normalized spacial score (nSPS) is 16.2. The van der Waals surface area contributed by atoms with Gasteiger partial charge in [0.1, 0.15) is 5.82 Å². The summed E-state index contributed by atoms with van der Waals surface area (Å²) in [5.74, 6) is 2.88. The van der Waals surface area contributed by atoms with Gasteiger partial charge in [-0.2, -0.15) is 4.98 Å². The summed E-state index contributed by atoms with van der Waals surface area (Å²) in [5, 5.41) is 6.39. The lowest BCUT2D eigenvalue weighted by atomic mass is 9.99. The lowest BCUT2D eigenvalue weighted by molar-refractivity contribution is 0.155. The van der Waals surface area contributed by atoms with Gasteiger partial charge in [0.05, 0.1) is 6.61 Å². The Kier molecular flexibility index (Phi) is 6.35. The molecule has 1 aromatic heterocycles. The minimum atomic E-state index is 0.240. The molecular formula is C22H29N5O3. The van der Waals surface area contributed by atoms with Gasteiger partial charge in [0.2, 0.25) is 12.7 Å². The predicted octanol–water partition coefficient (Wildman–Crippen LogP) is 3.42. The number of methoxy groups -OCH3 is 1. The summed E-state index contributed by atoms with van der Waals surface area (Å²) < 4.78 is 16.8. The van der Waals surface area contributed by atoms with E-state index in [0.717, 1.165) is 73.3 Å². The van der Waals surface area contributed by atoms with Gasteiger partial charge in [-0.25, -0.2) is 4.98 Å². The number of hydrogen-bond donors (Lipinski definition) is 2. The molecule has 0 atom stereocenters. The molecule has 0 aliphatic carbocycles. The molecule has 8 heteroatoms. The number of fused-ring (bicyclic) bond motifs is 1. The van der Waals surface area contributed by atoms with E-state index in [9.17, 15) is 0 Å². The van der Waals surface area contributed by atoms with Crippen molar-refractivity contribution in [2.45, 2.75) is 19.8 Å². The lowest BCUT2D eigenvalue weighted by Crippen LogP contribution is -2.27. The van der Waals surface area contributed by atoms with Crippen LogP contribution in [0.25, 0.3) is 5.57 Å². The molecule has 4 rings (SSSR count). The Bertz CT molecular complexity index is 931. The van der Waals surface area contributed by atoms with Crippen LogP contribution in [0.15, 0.2) is 24.3 Å². The highest BCUT2D eigenvalue weighted by atomic mass is 16.7. The van der Waals surface area contributed by atoms with E-state index in [2.05, 4.69) is 37.6 Å². The molecule has 0 saturated heterocycles. The van der Waals surface area contributed by atoms with E-state index in [1.807, 2.05) is 26.1 Å². The van der Waals surface area contributed by atoms with Crippen molar-refractivity contribution in [1.82, 2.24) is 14.9 Å². The number of hydrogen-bond acceptors (Lipinski definition) is 8. The van der Waals surface area contributed by atoms with Gasteiger partial charge in [-0.15, -0.1) is 0 Å². The second kappa shape index (κ2) is 9.32. The van der Waals surface area contributed by atoms with E-state index in [4.69, 9.17) is 14.2 Å². The van der Waals surface area contributed by atoms with Crippen molar-refractivity contribution < 1.29 is 14.2 Å². The number of aromatic nitrogens is 2. The van der Waals surface area contributed by atoms with Gasteiger partial charge >= 0.3 is 0 Å². The van der Waals surface area contributed by atoms with Crippen molar-refractivity contribution in [1.29, 1.82) is 0 Å². The molecule has 0 amide bonds. The van der Waals surface area contributed by atoms with Gasteiger partial charge in [-0.05, 0) is 37.9 Å². The fourth-order valence-corrected chi connectivity index (χ4v) is 3.80. The molecule has 30 heavy (non-hydrogen) atoms. The van der Waals surface area contributed by atoms with Gasteiger partial charge in [0.25, 0.3) is 0 Å². The summed E-state index contributed by atoms with van der Waals surface area (Å²) in [4.78, 5) is 11.4. The van der Waals surface area contributed by atoms with Crippen LogP contribution in [-0.2, 0) is 4.74 Å². The first-order chi connectivity index (χ1) is 14.7. The van der Waals surface area contributed by atoms with Crippen LogP contribution in [-0.4, -0.2) is 62.1 Å². The zero-order valence-corrected chi connectivity index (χ0v) is 17.8. The van der Waals surface area contributed by atoms with E-state index in [1.54, 1.807) is 7.11 Å². The van der Waals surface area contributed by atoms with Crippen LogP contribution < -0.4 is 20.1 Å². The summed E-state index contributed by atoms with van der Waals surface area (Å²) in [7, 11) is 3.59. The molecule has 0 saturated carbocycles. The third-order valence-corrected chi connectivity index (χ3v) is 5.31. The highest BCUT2D eigenvalue weighted by Gasteiger charge is 2.23. The molecule has 0 spiro atoms. The maximum atomic E-state index is 5.81. The van der Waals surface area contributed by atoms with Crippen LogP contribution in [0.2, 0.25) is 0 Å². The molecule has 2 aliphatic rings. The van der Waals surface area contributed by atoms with E-state index >= 15 is 0 Å². The van der Waals surface area contributed by atoms with Crippen LogP contribution in [0.3, 0.4) is 0 Å². The van der Waals surface area contributed by atoms with Gasteiger partial charge in [0.15, 0.2) is 11.5 Å². The first-order valence-electron chi connectivity index (χ1n) is 10.3. The van der Waals surface area contributed by atoms with Crippen LogP contribution in [0.1, 0.15) is 24.1 Å². The monoisotopic (exact) mass is 411 g/mol. The van der Waals surface area contributed by atoms with Crippen molar-refractivity contribution in [2.24, 2.45) is 0 Å². The molecule has 0 radical (unpaired) electrons. The summed E-state index contributed by atoms with van der Waals surface area (Å²) >= 11 is 0. The maximum absolute atomic E-state index is 5.81. The number of allylic oxidation sites excluding steroid dienone is 1. The van der Waals surface area contributed by atoms with Gasteiger partial charge < -0.3 is 24.8 Å². The lowest BCUT2D eigenvalue weighted by Gasteiger charge is -2.17. The smallest absolute Gasteiger partial charge is 0.231 e. The number of nitrogens with one attached hydrogen (secondary N) is 2. The van der Waals surface area contributed by atoms with Crippen molar-refractivity contribution >= 4 is 23.0 Å². The van der Waals surface area contributed by atoms with E-state index in [-0.39, 0.29) is 6.79 Å². The number of ether oxygens (including phenoxy) is 3. The summed E-state index contributed by atoms with van der Waals surface area (Å²) in [5.41, 5.74) is 4.12. The molecule has 0 fully saturated rings. The van der Waals surface area contributed by atoms with Crippen LogP contribution in [0.5, 0.6) is 11.5 Å². The Morgan fingerprint density at radius 3 is 2.93 bits per heavy atom. The van der Waals surface area contributed by atoms with Gasteiger partial charge in [0, 0.05) is 56.3 Å². The fraction of sp³-hybridized carbons (Fsp3) is 0.455. The van der Waals surface area contributed by atoms with Gasteiger partial charge in [-0.3, -0.25) is 4.90 Å². The Labute approximate surface area is 177 Å². The number of aryl methyl sites for hydroxylation is 1. The third-order valence-electron chi connectivity index (χ3n) is 5.31. The average Bonchev–Trinajstić information content (AvgIpc) is 3.08. The first kappa shape index (κ1) is 20.4. The molecular weight excluding hydrogens is 382 g/mol. The summed E-state index contributed by atoms with van der Waals surface area (Å²) in [6.07, 6.45) is 4.38. The topological polar surface area (TPSA) is 80.8 Å². The molecule has 1 aromatic carbocycles. The van der Waals surface area contributed by atoms with Crippen molar-refractivity contribution in [3.63, 3.8) is 0 Å². The Morgan fingerprint density at radius 2 is 2.10 bits per heavy atom. The second-order valence-corrected chi connectivity index (χ2v) is 7.48. The molecule has 0 unspecified atom stereocenters. The van der Waals surface area contributed by atoms with Gasteiger partial charge in [-0.1, -0.05) is 6.08 Å². The van der Waals surface area contributed by atoms with E-state index < -0.39 is 0 Å². The van der Waals surface area contributed by atoms with E-state index in [0.29, 0.717) is 5.95 Å². The standard InChI is InChI=1S/C22H29N5O3/c1-15-11-20(23-2)26-22(24-15)25-17-12-18(21-19(13-17)29-14-30-21)16-5-4-7-27(8-6-16)9-10-28-3/h6,11-13H,4-5,7-10,14H2,1-3H3,(H2,23,24,25,26). The number of nitrogens with zero attached hydrogens (tertiary/aromatic N) is 3. The number of benzene rings is 1. The third kappa shape index (κ3) is 4.66. The second-order valence-electron chi connectivity index (χ2n) is 7.48. The Balaban J connectivity index is 1.62. The number of rotatable bonds is 7. The van der Waals surface area contributed by atoms with Crippen molar-refractivity contribution in [2.75, 3.05) is 57.8 Å². The zero-order valence-electron chi connectivity index (χ0n) is 17.8. The summed E-state index contributed by atoms with van der Waals surface area (Å²) in [6, 6.07) is 5.95. The number of anilines is 3. The largest absolute Gasteiger partial charge is 0.453 e. The molecule has 2 N–H and O–H groups in total.